The zero-order chi connectivity index (χ0) is 9.38. The Labute approximate surface area is 81.2 Å². The number of aromatic nitrogens is 1. The molecule has 0 radical (unpaired) electrons. The van der Waals surface area contributed by atoms with Gasteiger partial charge in [0, 0.05) is 28.7 Å². The topological polar surface area (TPSA) is 28.9 Å². The first kappa shape index (κ1) is 7.44. The summed E-state index contributed by atoms with van der Waals surface area (Å²) in [6.07, 6.45) is 5.62. The standard InChI is InChI=1S/C12H9NO/c1-2-4-11-10(3-1)8-14-12(11)9-5-6-13-7-9/h1-8,13H. The van der Waals surface area contributed by atoms with Crippen LogP contribution in [0, 0.1) is 0 Å². The molecule has 2 aromatic heterocycles. The van der Waals surface area contributed by atoms with E-state index in [2.05, 4.69) is 17.1 Å². The van der Waals surface area contributed by atoms with Crippen LogP contribution in [0.5, 0.6) is 0 Å². The van der Waals surface area contributed by atoms with Crippen LogP contribution in [0.15, 0.2) is 53.4 Å². The van der Waals surface area contributed by atoms with E-state index in [1.807, 2.05) is 30.6 Å². The summed E-state index contributed by atoms with van der Waals surface area (Å²) < 4.78 is 5.54. The first-order chi connectivity index (χ1) is 6.95. The largest absolute Gasteiger partial charge is 0.463 e. The third-order valence-electron chi connectivity index (χ3n) is 2.37. The maximum atomic E-state index is 5.54. The van der Waals surface area contributed by atoms with Gasteiger partial charge in [0.25, 0.3) is 0 Å². The number of aromatic amines is 1. The van der Waals surface area contributed by atoms with Crippen LogP contribution < -0.4 is 0 Å². The minimum Gasteiger partial charge on any atom is -0.463 e. The maximum Gasteiger partial charge on any atom is 0.143 e. The Morgan fingerprint density at radius 3 is 2.86 bits per heavy atom. The first-order valence-electron chi connectivity index (χ1n) is 4.54. The Kier molecular flexibility index (Phi) is 1.47. The van der Waals surface area contributed by atoms with Gasteiger partial charge in [-0.25, -0.2) is 0 Å². The number of H-pyrrole nitrogens is 1. The first-order valence-corrected chi connectivity index (χ1v) is 4.54. The SMILES string of the molecule is c1ccc2c(-c3cc[nH]c3)occ2c1. The minimum absolute atomic E-state index is 0.932. The lowest BCUT2D eigenvalue weighted by molar-refractivity contribution is 0.587. The third kappa shape index (κ3) is 0.973. The Morgan fingerprint density at radius 2 is 2.00 bits per heavy atom. The van der Waals surface area contributed by atoms with E-state index in [1.54, 1.807) is 6.26 Å². The van der Waals surface area contributed by atoms with Crippen LogP contribution in [0.1, 0.15) is 0 Å². The molecule has 2 heterocycles. The monoisotopic (exact) mass is 183 g/mol. The second-order valence-electron chi connectivity index (χ2n) is 3.25. The number of fused-ring (bicyclic) bond motifs is 1. The third-order valence-corrected chi connectivity index (χ3v) is 2.37. The Hall–Kier alpha value is -1.96. The molecule has 0 spiro atoms. The van der Waals surface area contributed by atoms with Crippen LogP contribution >= 0.6 is 0 Å². The van der Waals surface area contributed by atoms with Gasteiger partial charge in [0.05, 0.1) is 6.26 Å². The highest BCUT2D eigenvalue weighted by molar-refractivity contribution is 5.93. The van der Waals surface area contributed by atoms with Crippen molar-refractivity contribution in [1.29, 1.82) is 0 Å². The maximum absolute atomic E-state index is 5.54. The molecule has 0 atom stereocenters. The second-order valence-corrected chi connectivity index (χ2v) is 3.25. The molecule has 0 aliphatic carbocycles. The summed E-state index contributed by atoms with van der Waals surface area (Å²) in [7, 11) is 0. The van der Waals surface area contributed by atoms with Gasteiger partial charge in [0.1, 0.15) is 5.76 Å². The molecule has 0 bridgehead atoms. The highest BCUT2D eigenvalue weighted by Gasteiger charge is 2.07. The Balaban J connectivity index is 2.33. The van der Waals surface area contributed by atoms with E-state index in [4.69, 9.17) is 4.42 Å². The van der Waals surface area contributed by atoms with Crippen molar-refractivity contribution in [2.45, 2.75) is 0 Å². The molecule has 0 aliphatic heterocycles. The van der Waals surface area contributed by atoms with Crippen molar-refractivity contribution in [2.75, 3.05) is 0 Å². The number of benzene rings is 1. The van der Waals surface area contributed by atoms with E-state index in [0.717, 1.165) is 22.1 Å². The number of hydrogen-bond donors (Lipinski definition) is 1. The molecule has 3 aromatic rings. The molecule has 0 amide bonds. The molecule has 1 N–H and O–H groups in total. The van der Waals surface area contributed by atoms with Crippen LogP contribution in [0.3, 0.4) is 0 Å². The summed E-state index contributed by atoms with van der Waals surface area (Å²) in [5.41, 5.74) is 1.09. The van der Waals surface area contributed by atoms with Crippen molar-refractivity contribution in [3.63, 3.8) is 0 Å². The van der Waals surface area contributed by atoms with E-state index in [1.165, 1.54) is 0 Å². The molecular weight excluding hydrogens is 174 g/mol. The highest BCUT2D eigenvalue weighted by atomic mass is 16.3. The van der Waals surface area contributed by atoms with Gasteiger partial charge in [-0.3, -0.25) is 0 Å². The lowest BCUT2D eigenvalue weighted by atomic mass is 10.1. The smallest absolute Gasteiger partial charge is 0.143 e. The van der Waals surface area contributed by atoms with Gasteiger partial charge in [-0.2, -0.15) is 0 Å². The van der Waals surface area contributed by atoms with E-state index < -0.39 is 0 Å². The van der Waals surface area contributed by atoms with Crippen molar-refractivity contribution in [2.24, 2.45) is 0 Å². The van der Waals surface area contributed by atoms with Crippen molar-refractivity contribution < 1.29 is 4.42 Å². The summed E-state index contributed by atoms with van der Waals surface area (Å²) in [6, 6.07) is 10.2. The molecule has 2 nitrogen and oxygen atoms in total. The summed E-state index contributed by atoms with van der Waals surface area (Å²) in [5, 5.41) is 2.30. The molecule has 0 fully saturated rings. The lowest BCUT2D eigenvalue weighted by Gasteiger charge is -1.91. The molecule has 68 valence electrons. The van der Waals surface area contributed by atoms with Gasteiger partial charge < -0.3 is 9.40 Å². The Morgan fingerprint density at radius 1 is 1.07 bits per heavy atom. The zero-order valence-corrected chi connectivity index (χ0v) is 7.53. The fraction of sp³-hybridized carbons (Fsp3) is 0. The fourth-order valence-corrected chi connectivity index (χ4v) is 1.68. The zero-order valence-electron chi connectivity index (χ0n) is 7.53. The average molecular weight is 183 g/mol. The van der Waals surface area contributed by atoms with Crippen molar-refractivity contribution in [3.8, 4) is 11.3 Å². The molecule has 2 heteroatoms. The van der Waals surface area contributed by atoms with Crippen LogP contribution in [-0.2, 0) is 0 Å². The van der Waals surface area contributed by atoms with Crippen LogP contribution in [0.4, 0.5) is 0 Å². The molecule has 0 aliphatic rings. The molecule has 3 rings (SSSR count). The molecule has 0 saturated carbocycles. The van der Waals surface area contributed by atoms with Crippen LogP contribution in [-0.4, -0.2) is 4.98 Å². The number of furan rings is 1. The molecule has 1 aromatic carbocycles. The molecular formula is C12H9NO. The van der Waals surface area contributed by atoms with Gasteiger partial charge in [-0.15, -0.1) is 0 Å². The van der Waals surface area contributed by atoms with Gasteiger partial charge in [-0.05, 0) is 6.07 Å². The van der Waals surface area contributed by atoms with E-state index in [-0.39, 0.29) is 0 Å². The predicted molar refractivity (Wildman–Crippen MR) is 56.0 cm³/mol. The number of nitrogens with one attached hydrogen (secondary N) is 1. The number of hydrogen-bond acceptors (Lipinski definition) is 1. The van der Waals surface area contributed by atoms with E-state index in [9.17, 15) is 0 Å². The highest BCUT2D eigenvalue weighted by Crippen LogP contribution is 2.29. The van der Waals surface area contributed by atoms with Gasteiger partial charge >= 0.3 is 0 Å². The summed E-state index contributed by atoms with van der Waals surface area (Å²) in [5.74, 6) is 0.932. The van der Waals surface area contributed by atoms with Crippen LogP contribution in [0.25, 0.3) is 22.1 Å². The predicted octanol–water partition coefficient (Wildman–Crippen LogP) is 3.43. The van der Waals surface area contributed by atoms with Gasteiger partial charge in [-0.1, -0.05) is 24.3 Å². The summed E-state index contributed by atoms with van der Waals surface area (Å²) in [4.78, 5) is 3.02. The lowest BCUT2D eigenvalue weighted by Crippen LogP contribution is -1.69. The van der Waals surface area contributed by atoms with Gasteiger partial charge in [0.2, 0.25) is 0 Å². The summed E-state index contributed by atoms with van der Waals surface area (Å²) in [6.45, 7) is 0. The molecule has 14 heavy (non-hydrogen) atoms. The fourth-order valence-electron chi connectivity index (χ4n) is 1.68. The normalized spacial score (nSPS) is 10.9. The van der Waals surface area contributed by atoms with Crippen molar-refractivity contribution in [1.82, 2.24) is 4.98 Å². The second kappa shape index (κ2) is 2.77. The van der Waals surface area contributed by atoms with E-state index in [0.29, 0.717) is 0 Å². The quantitative estimate of drug-likeness (QED) is 0.615. The summed E-state index contributed by atoms with van der Waals surface area (Å²) >= 11 is 0. The Bertz CT molecular complexity index is 548. The average Bonchev–Trinajstić information content (AvgIpc) is 2.85. The molecule has 0 unspecified atom stereocenters. The minimum atomic E-state index is 0.932. The number of rotatable bonds is 1. The van der Waals surface area contributed by atoms with Crippen molar-refractivity contribution >= 4 is 10.8 Å². The van der Waals surface area contributed by atoms with Gasteiger partial charge in [0.15, 0.2) is 0 Å². The molecule has 0 saturated heterocycles. The van der Waals surface area contributed by atoms with Crippen LogP contribution in [0.2, 0.25) is 0 Å². The van der Waals surface area contributed by atoms with E-state index >= 15 is 0 Å². The van der Waals surface area contributed by atoms with Crippen molar-refractivity contribution in [3.05, 3.63) is 49.0 Å².